The highest BCUT2D eigenvalue weighted by molar-refractivity contribution is 5.97. The van der Waals surface area contributed by atoms with Crippen LogP contribution in [0.1, 0.15) is 43.7 Å². The number of nitrogens with one attached hydrogen (secondary N) is 1. The van der Waals surface area contributed by atoms with Crippen LogP contribution in [0.2, 0.25) is 0 Å². The number of benzene rings is 1. The Bertz CT molecular complexity index is 1470. The summed E-state index contributed by atoms with van der Waals surface area (Å²) in [7, 11) is 0. The van der Waals surface area contributed by atoms with Crippen LogP contribution in [0, 0.1) is 11.1 Å². The Hall–Kier alpha value is -4.04. The SMILES string of the molecule is CC(C)CNC(=O)c1cn(-c2cccc(-c3ccc(C(C)(C)O)[n+]([O-])c3)c2)c2ncccc2c1=O. The van der Waals surface area contributed by atoms with Crippen molar-refractivity contribution in [1.82, 2.24) is 14.9 Å². The van der Waals surface area contributed by atoms with Crippen molar-refractivity contribution in [2.45, 2.75) is 33.3 Å². The minimum atomic E-state index is -1.27. The molecule has 0 atom stereocenters. The van der Waals surface area contributed by atoms with Gasteiger partial charge in [0.2, 0.25) is 11.1 Å². The molecule has 180 valence electrons. The van der Waals surface area contributed by atoms with E-state index in [1.54, 1.807) is 48.9 Å². The number of aromatic nitrogens is 3. The van der Waals surface area contributed by atoms with Crippen LogP contribution in [0.25, 0.3) is 27.8 Å². The van der Waals surface area contributed by atoms with Gasteiger partial charge in [-0.3, -0.25) is 9.59 Å². The molecule has 0 saturated carbocycles. The number of aliphatic hydroxyl groups is 1. The van der Waals surface area contributed by atoms with Crippen molar-refractivity contribution in [1.29, 1.82) is 0 Å². The zero-order valence-electron chi connectivity index (χ0n) is 20.1. The Morgan fingerprint density at radius 1 is 1.17 bits per heavy atom. The lowest BCUT2D eigenvalue weighted by molar-refractivity contribution is -0.621. The van der Waals surface area contributed by atoms with Gasteiger partial charge in [-0.15, -0.1) is 0 Å². The first-order valence-corrected chi connectivity index (χ1v) is 11.4. The van der Waals surface area contributed by atoms with Crippen molar-refractivity contribution in [2.75, 3.05) is 6.54 Å². The molecular weight excluding hydrogens is 444 g/mol. The predicted molar refractivity (Wildman–Crippen MR) is 134 cm³/mol. The average molecular weight is 473 g/mol. The Labute approximate surface area is 203 Å². The second-order valence-electron chi connectivity index (χ2n) is 9.46. The molecule has 0 fully saturated rings. The molecule has 8 heteroatoms. The molecular formula is C27H28N4O4. The molecule has 3 aromatic heterocycles. The normalized spacial score (nSPS) is 11.7. The molecule has 0 radical (unpaired) electrons. The van der Waals surface area contributed by atoms with E-state index in [2.05, 4.69) is 10.3 Å². The third-order valence-corrected chi connectivity index (χ3v) is 5.68. The highest BCUT2D eigenvalue weighted by atomic mass is 16.5. The highest BCUT2D eigenvalue weighted by Gasteiger charge is 2.25. The van der Waals surface area contributed by atoms with Gasteiger partial charge in [0.25, 0.3) is 5.91 Å². The molecule has 2 N–H and O–H groups in total. The molecule has 4 aromatic rings. The summed E-state index contributed by atoms with van der Waals surface area (Å²) in [6.45, 7) is 7.53. The van der Waals surface area contributed by atoms with Crippen molar-refractivity contribution in [3.63, 3.8) is 0 Å². The van der Waals surface area contributed by atoms with Crippen LogP contribution >= 0.6 is 0 Å². The number of rotatable bonds is 6. The van der Waals surface area contributed by atoms with Crippen LogP contribution in [0.5, 0.6) is 0 Å². The van der Waals surface area contributed by atoms with Crippen LogP contribution < -0.4 is 15.5 Å². The monoisotopic (exact) mass is 472 g/mol. The zero-order chi connectivity index (χ0) is 25.3. The first kappa shape index (κ1) is 24.1. The minimum Gasteiger partial charge on any atom is -0.618 e. The molecule has 0 unspecified atom stereocenters. The Balaban J connectivity index is 1.84. The van der Waals surface area contributed by atoms with Crippen molar-refractivity contribution in [2.24, 2.45) is 5.92 Å². The van der Waals surface area contributed by atoms with Crippen LogP contribution in [-0.4, -0.2) is 27.1 Å². The highest BCUT2D eigenvalue weighted by Crippen LogP contribution is 2.25. The van der Waals surface area contributed by atoms with Gasteiger partial charge in [-0.2, -0.15) is 4.73 Å². The fourth-order valence-electron chi connectivity index (χ4n) is 3.87. The summed E-state index contributed by atoms with van der Waals surface area (Å²) in [6.07, 6.45) is 4.52. The van der Waals surface area contributed by atoms with E-state index in [9.17, 15) is 19.9 Å². The summed E-state index contributed by atoms with van der Waals surface area (Å²) in [4.78, 5) is 30.3. The molecule has 0 bridgehead atoms. The lowest BCUT2D eigenvalue weighted by Gasteiger charge is -2.17. The number of carbonyl (C=O) groups excluding carboxylic acids is 1. The number of pyridine rings is 3. The summed E-state index contributed by atoms with van der Waals surface area (Å²) in [5.74, 6) is -0.194. The number of nitrogens with zero attached hydrogens (tertiary/aromatic N) is 3. The van der Waals surface area contributed by atoms with Gasteiger partial charge < -0.3 is 20.2 Å². The Morgan fingerprint density at radius 2 is 1.94 bits per heavy atom. The number of carbonyl (C=O) groups is 1. The Kier molecular flexibility index (Phi) is 6.41. The van der Waals surface area contributed by atoms with Crippen molar-refractivity contribution >= 4 is 16.9 Å². The summed E-state index contributed by atoms with van der Waals surface area (Å²) in [5, 5.41) is 25.9. The van der Waals surface area contributed by atoms with Gasteiger partial charge >= 0.3 is 0 Å². The molecule has 0 aliphatic carbocycles. The smallest absolute Gasteiger partial charge is 0.256 e. The molecule has 0 aliphatic heterocycles. The molecule has 3 heterocycles. The lowest BCUT2D eigenvalue weighted by atomic mass is 10.0. The quantitative estimate of drug-likeness (QED) is 0.330. The summed E-state index contributed by atoms with van der Waals surface area (Å²) < 4.78 is 2.37. The zero-order valence-corrected chi connectivity index (χ0v) is 20.1. The Morgan fingerprint density at radius 3 is 2.63 bits per heavy atom. The topological polar surface area (TPSA) is 111 Å². The van der Waals surface area contributed by atoms with Crippen LogP contribution in [0.3, 0.4) is 0 Å². The van der Waals surface area contributed by atoms with Gasteiger partial charge in [-0.1, -0.05) is 26.0 Å². The average Bonchev–Trinajstić information content (AvgIpc) is 2.82. The molecule has 4 rings (SSSR count). The minimum absolute atomic E-state index is 0.0310. The van der Waals surface area contributed by atoms with Gasteiger partial charge in [0.05, 0.1) is 5.39 Å². The molecule has 8 nitrogen and oxygen atoms in total. The maximum atomic E-state index is 13.1. The van der Waals surface area contributed by atoms with E-state index in [0.29, 0.717) is 33.6 Å². The predicted octanol–water partition coefficient (Wildman–Crippen LogP) is 3.30. The summed E-state index contributed by atoms with van der Waals surface area (Å²) >= 11 is 0. The molecule has 0 aliphatic rings. The fraction of sp³-hybridized carbons (Fsp3) is 0.259. The first-order valence-electron chi connectivity index (χ1n) is 11.4. The second-order valence-corrected chi connectivity index (χ2v) is 9.46. The van der Waals surface area contributed by atoms with Crippen LogP contribution in [0.4, 0.5) is 0 Å². The molecule has 0 saturated heterocycles. The van der Waals surface area contributed by atoms with Crippen molar-refractivity contribution < 1.29 is 14.6 Å². The number of hydrogen-bond acceptors (Lipinski definition) is 5. The van der Waals surface area contributed by atoms with Gasteiger partial charge in [0, 0.05) is 36.3 Å². The largest absolute Gasteiger partial charge is 0.618 e. The number of fused-ring (bicyclic) bond motifs is 1. The number of amides is 1. The van der Waals surface area contributed by atoms with E-state index in [4.69, 9.17) is 0 Å². The third kappa shape index (κ3) is 4.93. The van der Waals surface area contributed by atoms with E-state index in [1.807, 2.05) is 38.1 Å². The first-order chi connectivity index (χ1) is 16.6. The maximum absolute atomic E-state index is 13.1. The van der Waals surface area contributed by atoms with E-state index < -0.39 is 11.5 Å². The van der Waals surface area contributed by atoms with Crippen LogP contribution in [-0.2, 0) is 5.60 Å². The van der Waals surface area contributed by atoms with Gasteiger partial charge in [-0.05, 0) is 55.7 Å². The van der Waals surface area contributed by atoms with E-state index in [-0.39, 0.29) is 22.6 Å². The fourth-order valence-corrected chi connectivity index (χ4v) is 3.87. The lowest BCUT2D eigenvalue weighted by Crippen LogP contribution is -2.39. The van der Waals surface area contributed by atoms with Crippen molar-refractivity contribution in [3.05, 3.63) is 93.8 Å². The number of hydrogen-bond donors (Lipinski definition) is 2. The third-order valence-electron chi connectivity index (χ3n) is 5.68. The van der Waals surface area contributed by atoms with Crippen LogP contribution in [0.15, 0.2) is 71.9 Å². The molecule has 1 aromatic carbocycles. The second kappa shape index (κ2) is 9.31. The summed E-state index contributed by atoms with van der Waals surface area (Å²) in [6, 6.07) is 14.1. The van der Waals surface area contributed by atoms with Gasteiger partial charge in [0.1, 0.15) is 16.8 Å². The maximum Gasteiger partial charge on any atom is 0.256 e. The molecule has 0 spiro atoms. The van der Waals surface area contributed by atoms with E-state index >= 15 is 0 Å². The standard InChI is InChI=1S/C27H28N4O4/c1-17(2)14-29-26(33)22-16-30(25-21(24(22)32)9-6-12-28-25)20-8-5-7-18(13-20)19-10-11-23(27(3,4)34)31(35)15-19/h5-13,15-17,34H,14H2,1-4H3,(H,29,33). The van der Waals surface area contributed by atoms with Crippen molar-refractivity contribution in [3.8, 4) is 16.8 Å². The summed E-state index contributed by atoms with van der Waals surface area (Å²) in [5.41, 5.74) is 1.13. The van der Waals surface area contributed by atoms with Gasteiger partial charge in [-0.25, -0.2) is 4.98 Å². The van der Waals surface area contributed by atoms with E-state index in [1.165, 1.54) is 12.4 Å². The van der Waals surface area contributed by atoms with E-state index in [0.717, 1.165) is 5.56 Å². The van der Waals surface area contributed by atoms with Gasteiger partial charge in [0.15, 0.2) is 6.20 Å². The molecule has 1 amide bonds. The molecule has 35 heavy (non-hydrogen) atoms.